The summed E-state index contributed by atoms with van der Waals surface area (Å²) in [6, 6.07) is 12.4. The minimum atomic E-state index is -1.23. The summed E-state index contributed by atoms with van der Waals surface area (Å²) >= 11 is 12.7. The number of allylic oxidation sites excluding steroid dienone is 1. The highest BCUT2D eigenvalue weighted by atomic mass is 35.5. The Morgan fingerprint density at radius 2 is 1.77 bits per heavy atom. The van der Waals surface area contributed by atoms with E-state index in [1.807, 2.05) is 18.2 Å². The molecule has 5 nitrogen and oxygen atoms in total. The van der Waals surface area contributed by atoms with Crippen LogP contribution < -0.4 is 4.90 Å². The molecular weight excluding hydrogens is 485 g/mol. The zero-order chi connectivity index (χ0) is 25.7. The summed E-state index contributed by atoms with van der Waals surface area (Å²) in [5.74, 6) is -2.30. The predicted molar refractivity (Wildman–Crippen MR) is 138 cm³/mol. The standard InChI is InChI=1S/C28H29Cl2NO4/c1-6-35-25(33)21-13-18(15-27(3,4)5)28(24(21)17-8-7-9-19(29)12-17)22-11-10-20(30)14-23(22)31(16(2)32)26(28)34/h7-14,18,24H,6,15H2,1-5H3. The highest BCUT2D eigenvalue weighted by Gasteiger charge is 2.65. The molecule has 2 amide bonds. The Morgan fingerprint density at radius 1 is 1.09 bits per heavy atom. The first-order valence-corrected chi connectivity index (χ1v) is 12.5. The van der Waals surface area contributed by atoms with E-state index in [4.69, 9.17) is 27.9 Å². The molecule has 4 rings (SSSR count). The second-order valence-corrected chi connectivity index (χ2v) is 11.3. The second-order valence-electron chi connectivity index (χ2n) is 10.4. The van der Waals surface area contributed by atoms with Gasteiger partial charge in [-0.2, -0.15) is 0 Å². The molecule has 0 radical (unpaired) electrons. The molecule has 0 saturated heterocycles. The Morgan fingerprint density at radius 3 is 2.37 bits per heavy atom. The van der Waals surface area contributed by atoms with Crippen molar-refractivity contribution in [2.75, 3.05) is 11.5 Å². The van der Waals surface area contributed by atoms with Gasteiger partial charge in [0.1, 0.15) is 0 Å². The van der Waals surface area contributed by atoms with Crippen molar-refractivity contribution in [2.45, 2.75) is 52.4 Å². The van der Waals surface area contributed by atoms with Gasteiger partial charge in [-0.05, 0) is 60.1 Å². The van der Waals surface area contributed by atoms with Crippen molar-refractivity contribution in [1.82, 2.24) is 0 Å². The van der Waals surface area contributed by atoms with Crippen LogP contribution in [0.2, 0.25) is 10.0 Å². The molecule has 1 aliphatic heterocycles. The van der Waals surface area contributed by atoms with Crippen LogP contribution in [0, 0.1) is 11.3 Å². The fraction of sp³-hybridized carbons (Fsp3) is 0.393. The zero-order valence-electron chi connectivity index (χ0n) is 20.5. The van der Waals surface area contributed by atoms with Crippen molar-refractivity contribution < 1.29 is 19.1 Å². The number of imide groups is 1. The highest BCUT2D eigenvalue weighted by molar-refractivity contribution is 6.32. The first-order chi connectivity index (χ1) is 16.4. The number of esters is 1. The van der Waals surface area contributed by atoms with Gasteiger partial charge in [0.2, 0.25) is 11.8 Å². The molecule has 0 bridgehead atoms. The van der Waals surface area contributed by atoms with E-state index in [-0.39, 0.29) is 23.8 Å². The van der Waals surface area contributed by atoms with Crippen LogP contribution >= 0.6 is 23.2 Å². The molecule has 1 spiro atoms. The van der Waals surface area contributed by atoms with Gasteiger partial charge in [-0.1, -0.05) is 68.2 Å². The Kier molecular flexibility index (Phi) is 6.62. The molecule has 1 heterocycles. The first kappa shape index (κ1) is 25.5. The molecule has 0 aromatic heterocycles. The summed E-state index contributed by atoms with van der Waals surface area (Å²) in [6.07, 6.45) is 2.49. The van der Waals surface area contributed by atoms with Crippen LogP contribution in [0.1, 0.15) is 58.1 Å². The van der Waals surface area contributed by atoms with E-state index < -0.39 is 23.2 Å². The fourth-order valence-electron chi connectivity index (χ4n) is 5.71. The van der Waals surface area contributed by atoms with Crippen molar-refractivity contribution in [3.63, 3.8) is 0 Å². The van der Waals surface area contributed by atoms with Crippen molar-refractivity contribution in [3.05, 3.63) is 75.3 Å². The third kappa shape index (κ3) is 4.19. The van der Waals surface area contributed by atoms with Crippen LogP contribution in [0.3, 0.4) is 0 Å². The molecule has 2 aromatic rings. The maximum Gasteiger partial charge on any atom is 0.334 e. The average molecular weight is 514 g/mol. The van der Waals surface area contributed by atoms with E-state index in [2.05, 4.69) is 20.8 Å². The molecule has 0 N–H and O–H groups in total. The first-order valence-electron chi connectivity index (χ1n) is 11.7. The van der Waals surface area contributed by atoms with Crippen molar-refractivity contribution in [3.8, 4) is 0 Å². The van der Waals surface area contributed by atoms with Crippen molar-refractivity contribution >= 4 is 46.7 Å². The van der Waals surface area contributed by atoms with Gasteiger partial charge in [0, 0.05) is 28.5 Å². The fourth-order valence-corrected chi connectivity index (χ4v) is 6.08. The molecular formula is C28H29Cl2NO4. The number of rotatable bonds is 4. The number of amides is 2. The van der Waals surface area contributed by atoms with Crippen LogP contribution in [0.4, 0.5) is 5.69 Å². The molecule has 184 valence electrons. The number of fused-ring (bicyclic) bond motifs is 2. The number of carbonyl (C=O) groups is 3. The van der Waals surface area contributed by atoms with Gasteiger partial charge in [-0.3, -0.25) is 9.59 Å². The van der Waals surface area contributed by atoms with Crippen molar-refractivity contribution in [2.24, 2.45) is 11.3 Å². The lowest BCUT2D eigenvalue weighted by atomic mass is 9.61. The molecule has 1 aliphatic carbocycles. The maximum atomic E-state index is 14.5. The Balaban J connectivity index is 2.08. The number of benzene rings is 2. The largest absolute Gasteiger partial charge is 0.463 e. The number of ether oxygens (including phenoxy) is 1. The van der Waals surface area contributed by atoms with Gasteiger partial charge in [-0.15, -0.1) is 0 Å². The molecule has 3 atom stereocenters. The van der Waals surface area contributed by atoms with Crippen LogP contribution in [0.15, 0.2) is 54.1 Å². The van der Waals surface area contributed by atoms with Gasteiger partial charge >= 0.3 is 5.97 Å². The van der Waals surface area contributed by atoms with E-state index >= 15 is 0 Å². The van der Waals surface area contributed by atoms with E-state index in [1.54, 1.807) is 37.3 Å². The summed E-state index contributed by atoms with van der Waals surface area (Å²) in [5, 5.41) is 0.911. The van der Waals surface area contributed by atoms with Crippen LogP contribution in [-0.4, -0.2) is 24.4 Å². The third-order valence-electron chi connectivity index (χ3n) is 6.78. The summed E-state index contributed by atoms with van der Waals surface area (Å²) in [5.41, 5.74) is 0.853. The molecule has 3 unspecified atom stereocenters. The highest BCUT2D eigenvalue weighted by Crippen LogP contribution is 2.62. The average Bonchev–Trinajstić information content (AvgIpc) is 3.20. The van der Waals surface area contributed by atoms with E-state index in [0.717, 1.165) is 0 Å². The van der Waals surface area contributed by atoms with Gasteiger partial charge in [-0.25, -0.2) is 9.69 Å². The predicted octanol–water partition coefficient (Wildman–Crippen LogP) is 6.46. The third-order valence-corrected chi connectivity index (χ3v) is 7.25. The molecule has 0 fully saturated rings. The van der Waals surface area contributed by atoms with E-state index in [9.17, 15) is 14.4 Å². The number of nitrogens with zero attached hydrogens (tertiary/aromatic N) is 1. The monoisotopic (exact) mass is 513 g/mol. The van der Waals surface area contributed by atoms with Gasteiger partial charge < -0.3 is 4.74 Å². The molecule has 35 heavy (non-hydrogen) atoms. The normalized spacial score (nSPS) is 23.5. The smallest absolute Gasteiger partial charge is 0.334 e. The number of halogens is 2. The summed E-state index contributed by atoms with van der Waals surface area (Å²) in [4.78, 5) is 41.8. The number of hydrogen-bond donors (Lipinski definition) is 0. The van der Waals surface area contributed by atoms with E-state index in [1.165, 1.54) is 11.8 Å². The number of carbonyl (C=O) groups excluding carboxylic acids is 3. The SMILES string of the molecule is CCOC(=O)C1=CC(CC(C)(C)C)C2(C(=O)N(C(C)=O)c3cc(Cl)ccc32)C1c1cccc(Cl)c1. The van der Waals surface area contributed by atoms with Crippen LogP contribution in [0.25, 0.3) is 0 Å². The minimum absolute atomic E-state index is 0.173. The van der Waals surface area contributed by atoms with Gasteiger partial charge in [0.25, 0.3) is 0 Å². The summed E-state index contributed by atoms with van der Waals surface area (Å²) in [7, 11) is 0. The summed E-state index contributed by atoms with van der Waals surface area (Å²) in [6.45, 7) is 9.60. The quantitative estimate of drug-likeness (QED) is 0.439. The molecule has 2 aliphatic rings. The van der Waals surface area contributed by atoms with Gasteiger partial charge in [0.15, 0.2) is 0 Å². The van der Waals surface area contributed by atoms with E-state index in [0.29, 0.717) is 38.9 Å². The number of hydrogen-bond acceptors (Lipinski definition) is 4. The summed E-state index contributed by atoms with van der Waals surface area (Å²) < 4.78 is 5.45. The zero-order valence-corrected chi connectivity index (χ0v) is 22.0. The lowest BCUT2D eigenvalue weighted by Gasteiger charge is -2.39. The lowest BCUT2D eigenvalue weighted by molar-refractivity contribution is -0.138. The maximum absolute atomic E-state index is 14.5. The second kappa shape index (κ2) is 9.11. The molecule has 0 saturated carbocycles. The van der Waals surface area contributed by atoms with Crippen molar-refractivity contribution in [1.29, 1.82) is 0 Å². The minimum Gasteiger partial charge on any atom is -0.463 e. The number of anilines is 1. The molecule has 7 heteroatoms. The molecule has 2 aromatic carbocycles. The van der Waals surface area contributed by atoms with Gasteiger partial charge in [0.05, 0.1) is 17.7 Å². The Hall–Kier alpha value is -2.63. The van der Waals surface area contributed by atoms with Crippen LogP contribution in [0.5, 0.6) is 0 Å². The lowest BCUT2D eigenvalue weighted by Crippen LogP contribution is -2.49. The van der Waals surface area contributed by atoms with Crippen LogP contribution in [-0.2, 0) is 24.5 Å². The topological polar surface area (TPSA) is 63.7 Å². The Labute approximate surface area is 216 Å². The Bertz CT molecular complexity index is 1250.